The van der Waals surface area contributed by atoms with E-state index in [9.17, 15) is 44.3 Å². The number of carbonyl (C=O) groups is 4. The Labute approximate surface area is 289 Å². The Balaban J connectivity index is 0.00000101. The van der Waals surface area contributed by atoms with Crippen molar-refractivity contribution in [3.8, 4) is 0 Å². The molecule has 1 fully saturated rings. The summed E-state index contributed by atoms with van der Waals surface area (Å²) in [4.78, 5) is 50.6. The van der Waals surface area contributed by atoms with Crippen LogP contribution in [-0.4, -0.2) is 118 Å². The number of halogens is 9. The zero-order valence-corrected chi connectivity index (χ0v) is 27.6. The summed E-state index contributed by atoms with van der Waals surface area (Å²) in [7, 11) is 4.02. The first-order chi connectivity index (χ1) is 23.7. The third kappa shape index (κ3) is 18.7. The van der Waals surface area contributed by atoms with Gasteiger partial charge in [-0.1, -0.05) is 24.5 Å². The van der Waals surface area contributed by atoms with Gasteiger partial charge < -0.3 is 41.9 Å². The maximum absolute atomic E-state index is 12.7. The highest BCUT2D eigenvalue weighted by Gasteiger charge is 2.39. The van der Waals surface area contributed by atoms with Crippen LogP contribution in [0.1, 0.15) is 48.3 Å². The Bertz CT molecular complexity index is 1460. The van der Waals surface area contributed by atoms with Crippen LogP contribution >= 0.6 is 0 Å². The molecule has 24 heteroatoms. The summed E-state index contributed by atoms with van der Waals surface area (Å²) < 4.78 is 95.2. The summed E-state index contributed by atoms with van der Waals surface area (Å²) in [6, 6.07) is 6.05. The fourth-order valence-electron chi connectivity index (χ4n) is 3.98. The van der Waals surface area contributed by atoms with Crippen molar-refractivity contribution in [2.24, 2.45) is 5.73 Å². The number of carboxylic acid groups (broad SMARTS) is 3. The maximum atomic E-state index is 12.7. The van der Waals surface area contributed by atoms with Gasteiger partial charge in [0.05, 0.1) is 5.52 Å². The van der Waals surface area contributed by atoms with Gasteiger partial charge in [-0.05, 0) is 59.0 Å². The Hall–Kier alpha value is -5.16. The van der Waals surface area contributed by atoms with Crippen LogP contribution in [0.25, 0.3) is 10.9 Å². The lowest BCUT2D eigenvalue weighted by atomic mass is 9.90. The van der Waals surface area contributed by atoms with Crippen LogP contribution in [0.2, 0.25) is 0 Å². The molecule has 1 aliphatic carbocycles. The molecule has 0 radical (unpaired) electrons. The van der Waals surface area contributed by atoms with Gasteiger partial charge >= 0.3 is 36.4 Å². The molecular weight excluding hydrogens is 731 g/mol. The van der Waals surface area contributed by atoms with Crippen molar-refractivity contribution in [1.82, 2.24) is 25.5 Å². The molecule has 0 bridgehead atoms. The zero-order chi connectivity index (χ0) is 40.6. The molecule has 0 saturated heterocycles. The molecule has 2 unspecified atom stereocenters. The largest absolute Gasteiger partial charge is 0.490 e. The molecule has 0 spiro atoms. The first kappa shape index (κ1) is 46.8. The fraction of sp³-hybridized carbons (Fsp3) is 0.536. The van der Waals surface area contributed by atoms with E-state index < -0.39 is 36.4 Å². The minimum Gasteiger partial charge on any atom is -0.475 e. The molecule has 15 nitrogen and oxygen atoms in total. The zero-order valence-electron chi connectivity index (χ0n) is 27.6. The number of carboxylic acids is 3. The van der Waals surface area contributed by atoms with E-state index >= 15 is 0 Å². The number of anilines is 1. The number of nitrogens with two attached hydrogens (primary N) is 1. The molecule has 2 aromatic rings. The van der Waals surface area contributed by atoms with Gasteiger partial charge in [0.15, 0.2) is 5.96 Å². The average molecular weight is 769 g/mol. The van der Waals surface area contributed by atoms with Crippen LogP contribution in [0.3, 0.4) is 0 Å². The number of aliphatic carboxylic acids is 3. The maximum Gasteiger partial charge on any atom is 0.490 e. The van der Waals surface area contributed by atoms with Crippen LogP contribution in [0.5, 0.6) is 0 Å². The van der Waals surface area contributed by atoms with E-state index in [1.807, 2.05) is 39.2 Å². The lowest BCUT2D eigenvalue weighted by Crippen LogP contribution is -2.50. The van der Waals surface area contributed by atoms with E-state index in [1.54, 1.807) is 0 Å². The summed E-state index contributed by atoms with van der Waals surface area (Å²) in [5.41, 5.74) is 7.42. The minimum atomic E-state index is -5.08. The molecule has 3 rings (SSSR count). The monoisotopic (exact) mass is 768 g/mol. The third-order valence-electron chi connectivity index (χ3n) is 6.28. The number of fused-ring (bicyclic) bond motifs is 1. The summed E-state index contributed by atoms with van der Waals surface area (Å²) in [5.74, 6) is -7.76. The second-order valence-electron chi connectivity index (χ2n) is 10.9. The van der Waals surface area contributed by atoms with E-state index in [4.69, 9.17) is 40.8 Å². The Morgan fingerprint density at radius 3 is 1.75 bits per heavy atom. The number of carbonyl (C=O) groups excluding carboxylic acids is 1. The minimum absolute atomic E-state index is 0.0279. The predicted molar refractivity (Wildman–Crippen MR) is 166 cm³/mol. The van der Waals surface area contributed by atoms with Gasteiger partial charge in [-0.25, -0.2) is 24.4 Å². The molecule has 1 amide bonds. The molecule has 1 aromatic carbocycles. The highest BCUT2D eigenvalue weighted by Crippen LogP contribution is 2.27. The number of aromatic nitrogens is 2. The summed E-state index contributed by atoms with van der Waals surface area (Å²) >= 11 is 0. The number of aryl methyl sites for hydroxylation is 1. The number of hydrogen-bond donors (Lipinski definition) is 8. The van der Waals surface area contributed by atoms with E-state index in [0.717, 1.165) is 55.1 Å². The average Bonchev–Trinajstić information content (AvgIpc) is 2.99. The Kier molecular flexibility index (Phi) is 18.6. The molecule has 1 aromatic heterocycles. The van der Waals surface area contributed by atoms with Crippen molar-refractivity contribution in [1.29, 1.82) is 5.41 Å². The SMILES string of the molecule is Cc1ccc2nc(C(=O)NCCCN(C)C)nc(NC3CCCCC3NC(=N)N)c2c1.O=C(O)C(F)(F)F.O=C(O)C(F)(F)F.O=C(O)C(F)(F)F. The normalized spacial score (nSPS) is 15.7. The van der Waals surface area contributed by atoms with Crippen molar-refractivity contribution in [3.05, 3.63) is 29.6 Å². The van der Waals surface area contributed by atoms with Crippen LogP contribution in [0.15, 0.2) is 18.2 Å². The van der Waals surface area contributed by atoms with Crippen LogP contribution in [0, 0.1) is 12.3 Å². The molecule has 52 heavy (non-hydrogen) atoms. The van der Waals surface area contributed by atoms with Gasteiger partial charge in [0.1, 0.15) is 5.82 Å². The number of alkyl halides is 9. The van der Waals surface area contributed by atoms with Gasteiger partial charge in [0.2, 0.25) is 5.82 Å². The van der Waals surface area contributed by atoms with E-state index in [2.05, 4.69) is 30.8 Å². The van der Waals surface area contributed by atoms with Crippen LogP contribution in [0.4, 0.5) is 45.3 Å². The van der Waals surface area contributed by atoms with Crippen molar-refractivity contribution in [2.75, 3.05) is 32.5 Å². The summed E-state index contributed by atoms with van der Waals surface area (Å²) in [6.07, 6.45) is -10.3. The number of hydrogen-bond acceptors (Lipinski definition) is 9. The predicted octanol–water partition coefficient (Wildman–Crippen LogP) is 3.73. The Morgan fingerprint density at radius 1 is 0.865 bits per heavy atom. The first-order valence-corrected chi connectivity index (χ1v) is 14.7. The number of nitrogens with zero attached hydrogens (tertiary/aromatic N) is 3. The summed E-state index contributed by atoms with van der Waals surface area (Å²) in [5, 5.41) is 39.4. The number of nitrogens with one attached hydrogen (secondary N) is 4. The van der Waals surface area contributed by atoms with Gasteiger partial charge in [-0.15, -0.1) is 0 Å². The van der Waals surface area contributed by atoms with Crippen LogP contribution < -0.4 is 21.7 Å². The van der Waals surface area contributed by atoms with E-state index in [-0.39, 0.29) is 29.8 Å². The highest BCUT2D eigenvalue weighted by molar-refractivity contribution is 5.96. The lowest BCUT2D eigenvalue weighted by Gasteiger charge is -2.33. The molecule has 1 heterocycles. The third-order valence-corrected chi connectivity index (χ3v) is 6.28. The molecular formula is C28H37F9N8O7. The van der Waals surface area contributed by atoms with Crippen molar-refractivity contribution >= 4 is 46.5 Å². The first-order valence-electron chi connectivity index (χ1n) is 14.7. The molecule has 0 aliphatic heterocycles. The Morgan fingerprint density at radius 2 is 1.33 bits per heavy atom. The van der Waals surface area contributed by atoms with Crippen molar-refractivity contribution in [2.45, 2.75) is 69.6 Å². The molecule has 9 N–H and O–H groups in total. The van der Waals surface area contributed by atoms with Gasteiger partial charge in [0.25, 0.3) is 5.91 Å². The number of benzene rings is 1. The molecule has 2 atom stereocenters. The van der Waals surface area contributed by atoms with Crippen molar-refractivity contribution < 1.29 is 74.0 Å². The van der Waals surface area contributed by atoms with Gasteiger partial charge in [0, 0.05) is 24.0 Å². The fourth-order valence-corrected chi connectivity index (χ4v) is 3.98. The van der Waals surface area contributed by atoms with Crippen LogP contribution in [-0.2, 0) is 14.4 Å². The number of amides is 1. The topological polar surface area (TPSA) is 244 Å². The van der Waals surface area contributed by atoms with E-state index in [1.165, 1.54) is 0 Å². The summed E-state index contributed by atoms with van der Waals surface area (Å²) in [6.45, 7) is 3.49. The standard InChI is InChI=1S/C22H34N8O.3C2HF3O2/c1-14-9-10-16-15(13-14)19(27-17-7-4-5-8-18(17)28-22(23)24)29-20(26-16)21(31)25-11-6-12-30(2)3;3*3-2(4,5)1(6)7/h9-10,13,17-18H,4-8,11-12H2,1-3H3,(H,25,31)(H4,23,24,28)(H,26,27,29);3*(H,6,7). The van der Waals surface area contributed by atoms with Gasteiger partial charge in [-0.3, -0.25) is 10.2 Å². The van der Waals surface area contributed by atoms with Crippen molar-refractivity contribution in [3.63, 3.8) is 0 Å². The number of guanidine groups is 1. The number of rotatable bonds is 8. The molecule has 1 aliphatic rings. The quantitative estimate of drug-likeness (QED) is 0.0827. The second kappa shape index (κ2) is 20.6. The van der Waals surface area contributed by atoms with Gasteiger partial charge in [-0.2, -0.15) is 39.5 Å². The smallest absolute Gasteiger partial charge is 0.475 e. The highest BCUT2D eigenvalue weighted by atomic mass is 19.4. The second-order valence-corrected chi connectivity index (χ2v) is 10.9. The molecule has 294 valence electrons. The lowest BCUT2D eigenvalue weighted by molar-refractivity contribution is -0.193. The molecule has 1 saturated carbocycles. The van der Waals surface area contributed by atoms with E-state index in [0.29, 0.717) is 12.4 Å².